The number of ether oxygens (including phenoxy) is 2. The fourth-order valence-corrected chi connectivity index (χ4v) is 5.13. The number of halogens is 1. The van der Waals surface area contributed by atoms with Crippen molar-refractivity contribution < 1.29 is 23.9 Å². The molecule has 3 aromatic rings. The summed E-state index contributed by atoms with van der Waals surface area (Å²) in [5.74, 6) is -0.663. The molecule has 1 atom stereocenters. The predicted molar refractivity (Wildman–Crippen MR) is 134 cm³/mol. The number of anilines is 1. The van der Waals surface area contributed by atoms with Crippen molar-refractivity contribution in [2.24, 2.45) is 12.8 Å². The van der Waals surface area contributed by atoms with Crippen LogP contribution in [-0.4, -0.2) is 44.9 Å². The van der Waals surface area contributed by atoms with Crippen LogP contribution in [0, 0.1) is 6.92 Å². The van der Waals surface area contributed by atoms with E-state index in [9.17, 15) is 14.4 Å². The number of carbonyl (C=O) groups excluding carboxylic acids is 3. The first kappa shape index (κ1) is 26.5. The molecule has 186 valence electrons. The molecule has 35 heavy (non-hydrogen) atoms. The Morgan fingerprint density at radius 3 is 2.66 bits per heavy atom. The van der Waals surface area contributed by atoms with Gasteiger partial charge in [-0.3, -0.25) is 9.59 Å². The Kier molecular flexibility index (Phi) is 8.76. The molecule has 2 aromatic heterocycles. The molecule has 1 unspecified atom stereocenters. The molecule has 2 heterocycles. The first-order valence-corrected chi connectivity index (χ1v) is 12.6. The number of nitrogens with one attached hydrogen (secondary N) is 1. The molecular formula is C22H24ClN5O5S2. The molecule has 13 heteroatoms. The van der Waals surface area contributed by atoms with Crippen molar-refractivity contribution in [1.29, 1.82) is 0 Å². The van der Waals surface area contributed by atoms with Crippen LogP contribution in [0.1, 0.15) is 51.4 Å². The highest BCUT2D eigenvalue weighted by atomic mass is 35.5. The minimum atomic E-state index is -0.687. The van der Waals surface area contributed by atoms with E-state index in [1.54, 1.807) is 37.6 Å². The van der Waals surface area contributed by atoms with Crippen molar-refractivity contribution in [3.8, 4) is 5.75 Å². The molecule has 1 aromatic carbocycles. The summed E-state index contributed by atoms with van der Waals surface area (Å²) in [5.41, 5.74) is 5.89. The molecule has 0 saturated carbocycles. The van der Waals surface area contributed by atoms with E-state index in [1.807, 2.05) is 19.1 Å². The van der Waals surface area contributed by atoms with Crippen LogP contribution in [0.15, 0.2) is 29.4 Å². The summed E-state index contributed by atoms with van der Waals surface area (Å²) in [6, 6.07) is 7.12. The van der Waals surface area contributed by atoms with E-state index in [1.165, 1.54) is 0 Å². The number of carbonyl (C=O) groups is 3. The number of aromatic nitrogens is 3. The molecule has 0 radical (unpaired) electrons. The van der Waals surface area contributed by atoms with Gasteiger partial charge in [-0.25, -0.2) is 4.79 Å². The Hall–Kier alpha value is -3.09. The summed E-state index contributed by atoms with van der Waals surface area (Å²) in [6.07, 6.45) is -0.441. The average molecular weight is 538 g/mol. The van der Waals surface area contributed by atoms with Gasteiger partial charge < -0.3 is 25.1 Å². The van der Waals surface area contributed by atoms with Crippen LogP contribution in [0.4, 0.5) is 5.00 Å². The Bertz CT molecular complexity index is 1260. The van der Waals surface area contributed by atoms with Gasteiger partial charge in [0, 0.05) is 7.05 Å². The van der Waals surface area contributed by atoms with Gasteiger partial charge in [0.2, 0.25) is 5.91 Å². The number of amides is 2. The topological polar surface area (TPSA) is 138 Å². The molecule has 0 saturated heterocycles. The van der Waals surface area contributed by atoms with Crippen molar-refractivity contribution >= 4 is 57.5 Å². The monoisotopic (exact) mass is 537 g/mol. The van der Waals surface area contributed by atoms with Gasteiger partial charge in [-0.2, -0.15) is 0 Å². The Balaban J connectivity index is 1.68. The Labute approximate surface area is 215 Å². The van der Waals surface area contributed by atoms with Gasteiger partial charge in [-0.05, 0) is 38.5 Å². The Morgan fingerprint density at radius 2 is 2.00 bits per heavy atom. The highest BCUT2D eigenvalue weighted by Gasteiger charge is 2.26. The number of esters is 1. The molecule has 2 amide bonds. The van der Waals surface area contributed by atoms with Crippen molar-refractivity contribution in [2.75, 3.05) is 17.7 Å². The SMILES string of the molecule is CCOC(=O)c1c(NC(=O)CSc2nnc(C(C)Oc3ccccc3Cl)n2C)sc(C(N)=O)c1C. The van der Waals surface area contributed by atoms with Crippen LogP contribution in [0.25, 0.3) is 0 Å². The lowest BCUT2D eigenvalue weighted by Crippen LogP contribution is -2.17. The summed E-state index contributed by atoms with van der Waals surface area (Å²) in [4.78, 5) is 36.9. The number of rotatable bonds is 10. The summed E-state index contributed by atoms with van der Waals surface area (Å²) < 4.78 is 12.7. The zero-order valence-corrected chi connectivity index (χ0v) is 21.8. The molecule has 0 aliphatic heterocycles. The van der Waals surface area contributed by atoms with Gasteiger partial charge >= 0.3 is 5.97 Å². The zero-order valence-electron chi connectivity index (χ0n) is 19.5. The lowest BCUT2D eigenvalue weighted by molar-refractivity contribution is -0.113. The van der Waals surface area contributed by atoms with Crippen LogP contribution < -0.4 is 15.8 Å². The molecule has 0 aliphatic rings. The van der Waals surface area contributed by atoms with Gasteiger partial charge in [-0.15, -0.1) is 21.5 Å². The smallest absolute Gasteiger partial charge is 0.341 e. The third kappa shape index (κ3) is 6.13. The standard InChI is InChI=1S/C22H24ClN5O5S2/c1-5-32-21(31)16-11(2)17(18(24)30)35-20(16)25-15(29)10-34-22-27-26-19(28(22)4)12(3)33-14-9-7-6-8-13(14)23/h6-9,12H,5,10H2,1-4H3,(H2,24,30)(H,25,29). The number of nitrogens with zero attached hydrogens (tertiary/aromatic N) is 3. The molecule has 3 rings (SSSR count). The van der Waals surface area contributed by atoms with Gasteiger partial charge in [0.15, 0.2) is 17.1 Å². The highest BCUT2D eigenvalue weighted by molar-refractivity contribution is 7.99. The summed E-state index contributed by atoms with van der Waals surface area (Å²) in [5, 5.41) is 12.2. The second kappa shape index (κ2) is 11.6. The maximum absolute atomic E-state index is 12.6. The van der Waals surface area contributed by atoms with Crippen LogP contribution in [0.5, 0.6) is 5.75 Å². The number of hydrogen-bond acceptors (Lipinski definition) is 9. The van der Waals surface area contributed by atoms with Gasteiger partial charge in [0.1, 0.15) is 10.8 Å². The average Bonchev–Trinajstić information content (AvgIpc) is 3.33. The van der Waals surface area contributed by atoms with Gasteiger partial charge in [-0.1, -0.05) is 35.5 Å². The minimum Gasteiger partial charge on any atom is -0.481 e. The van der Waals surface area contributed by atoms with E-state index in [2.05, 4.69) is 15.5 Å². The van der Waals surface area contributed by atoms with Crippen molar-refractivity contribution in [3.05, 3.63) is 51.1 Å². The van der Waals surface area contributed by atoms with Gasteiger partial charge in [0.25, 0.3) is 5.91 Å². The number of primary amides is 1. The molecule has 3 N–H and O–H groups in total. The number of thiophene rings is 1. The fourth-order valence-electron chi connectivity index (χ4n) is 3.17. The predicted octanol–water partition coefficient (Wildman–Crippen LogP) is 3.98. The van der Waals surface area contributed by atoms with E-state index >= 15 is 0 Å². The van der Waals surface area contributed by atoms with Crippen molar-refractivity contribution in [3.63, 3.8) is 0 Å². The Morgan fingerprint density at radius 1 is 1.29 bits per heavy atom. The molecule has 0 bridgehead atoms. The number of benzene rings is 1. The second-order valence-corrected chi connectivity index (χ2v) is 9.64. The number of thioether (sulfide) groups is 1. The van der Waals surface area contributed by atoms with Crippen LogP contribution in [0.3, 0.4) is 0 Å². The maximum Gasteiger partial charge on any atom is 0.341 e. The first-order chi connectivity index (χ1) is 16.6. The van der Waals surface area contributed by atoms with E-state index in [0.29, 0.717) is 27.3 Å². The van der Waals surface area contributed by atoms with E-state index in [-0.39, 0.29) is 27.8 Å². The summed E-state index contributed by atoms with van der Waals surface area (Å²) in [7, 11) is 1.77. The molecule has 10 nitrogen and oxygen atoms in total. The normalized spacial score (nSPS) is 11.7. The lowest BCUT2D eigenvalue weighted by atomic mass is 10.1. The van der Waals surface area contributed by atoms with Crippen LogP contribution in [-0.2, 0) is 16.6 Å². The highest BCUT2D eigenvalue weighted by Crippen LogP contribution is 2.34. The van der Waals surface area contributed by atoms with E-state index in [4.69, 9.17) is 26.8 Å². The largest absolute Gasteiger partial charge is 0.481 e. The fraction of sp³-hybridized carbons (Fsp3) is 0.318. The summed E-state index contributed by atoms with van der Waals surface area (Å²) >= 11 is 8.25. The number of nitrogens with two attached hydrogens (primary N) is 1. The lowest BCUT2D eigenvalue weighted by Gasteiger charge is -2.15. The number of hydrogen-bond donors (Lipinski definition) is 2. The minimum absolute atomic E-state index is 0.0170. The molecular weight excluding hydrogens is 514 g/mol. The third-order valence-electron chi connectivity index (χ3n) is 4.81. The van der Waals surface area contributed by atoms with Crippen molar-refractivity contribution in [1.82, 2.24) is 14.8 Å². The molecule has 0 fully saturated rings. The van der Waals surface area contributed by atoms with Crippen LogP contribution >= 0.6 is 34.7 Å². The second-order valence-electron chi connectivity index (χ2n) is 7.27. The van der Waals surface area contributed by atoms with Crippen molar-refractivity contribution in [2.45, 2.75) is 32.0 Å². The van der Waals surface area contributed by atoms with Crippen LogP contribution in [0.2, 0.25) is 5.02 Å². The number of para-hydroxylation sites is 1. The van der Waals surface area contributed by atoms with E-state index < -0.39 is 23.9 Å². The molecule has 0 spiro atoms. The molecule has 0 aliphatic carbocycles. The van der Waals surface area contributed by atoms with E-state index in [0.717, 1.165) is 23.1 Å². The van der Waals surface area contributed by atoms with Gasteiger partial charge in [0.05, 0.1) is 27.8 Å². The third-order valence-corrected chi connectivity index (χ3v) is 7.36. The maximum atomic E-state index is 12.6. The zero-order chi connectivity index (χ0) is 25.7. The first-order valence-electron chi connectivity index (χ1n) is 10.5. The quantitative estimate of drug-likeness (QED) is 0.292. The summed E-state index contributed by atoms with van der Waals surface area (Å²) in [6.45, 7) is 5.22.